The first-order valence-corrected chi connectivity index (χ1v) is 6.57. The van der Waals surface area contributed by atoms with Crippen molar-refractivity contribution in [2.24, 2.45) is 0 Å². The number of hydrogen-bond acceptors (Lipinski definition) is 3. The Morgan fingerprint density at radius 1 is 1.32 bits per heavy atom. The average Bonchev–Trinajstić information content (AvgIpc) is 2.85. The van der Waals surface area contributed by atoms with E-state index in [4.69, 9.17) is 4.74 Å². The third-order valence-electron chi connectivity index (χ3n) is 2.93. The van der Waals surface area contributed by atoms with Crippen molar-refractivity contribution < 1.29 is 4.74 Å². The molecule has 1 aromatic carbocycles. The lowest BCUT2D eigenvalue weighted by Gasteiger charge is -2.07. The summed E-state index contributed by atoms with van der Waals surface area (Å²) in [6.07, 6.45) is 2.64. The zero-order chi connectivity index (χ0) is 13.7. The third-order valence-corrected chi connectivity index (χ3v) is 2.93. The zero-order valence-electron chi connectivity index (χ0n) is 11.7. The van der Waals surface area contributed by atoms with Gasteiger partial charge in [-0.1, -0.05) is 32.0 Å². The second-order valence-corrected chi connectivity index (χ2v) is 4.88. The maximum atomic E-state index is 5.35. The molecule has 0 aliphatic heterocycles. The standard InChI is InChI=1S/C15H21N3O/c1-11(2)16-9-13-10-17-15(18-13)8-12-6-4-5-7-14(12)19-3/h4-7,10-11,16H,8-9H2,1-3H3,(H,17,18). The highest BCUT2D eigenvalue weighted by Crippen LogP contribution is 2.19. The van der Waals surface area contributed by atoms with Crippen LogP contribution in [0.25, 0.3) is 0 Å². The van der Waals surface area contributed by atoms with Gasteiger partial charge in [0, 0.05) is 36.5 Å². The maximum Gasteiger partial charge on any atom is 0.122 e. The molecule has 0 atom stereocenters. The molecule has 4 heteroatoms. The number of aromatic amines is 1. The number of methoxy groups -OCH3 is 1. The zero-order valence-corrected chi connectivity index (χ0v) is 11.7. The summed E-state index contributed by atoms with van der Waals surface area (Å²) in [7, 11) is 1.69. The molecule has 2 N–H and O–H groups in total. The Bertz CT molecular complexity index is 520. The summed E-state index contributed by atoms with van der Waals surface area (Å²) in [4.78, 5) is 7.75. The molecule has 2 aromatic rings. The van der Waals surface area contributed by atoms with Crippen LogP contribution in [0.4, 0.5) is 0 Å². The molecule has 1 aromatic heterocycles. The van der Waals surface area contributed by atoms with E-state index in [1.54, 1.807) is 7.11 Å². The van der Waals surface area contributed by atoms with E-state index in [1.807, 2.05) is 24.4 Å². The fraction of sp³-hybridized carbons (Fsp3) is 0.400. The first-order chi connectivity index (χ1) is 9.19. The number of imidazole rings is 1. The second kappa shape index (κ2) is 6.38. The van der Waals surface area contributed by atoms with Crippen LogP contribution in [0, 0.1) is 0 Å². The van der Waals surface area contributed by atoms with Gasteiger partial charge in [-0.2, -0.15) is 0 Å². The number of rotatable bonds is 6. The van der Waals surface area contributed by atoms with Gasteiger partial charge in [0.25, 0.3) is 0 Å². The summed E-state index contributed by atoms with van der Waals surface area (Å²) in [5.74, 6) is 1.87. The van der Waals surface area contributed by atoms with Gasteiger partial charge in [-0.25, -0.2) is 4.98 Å². The van der Waals surface area contributed by atoms with E-state index in [2.05, 4.69) is 35.2 Å². The molecule has 102 valence electrons. The minimum Gasteiger partial charge on any atom is -0.496 e. The molecule has 0 fully saturated rings. The van der Waals surface area contributed by atoms with E-state index < -0.39 is 0 Å². The van der Waals surface area contributed by atoms with Crippen LogP contribution in [0.5, 0.6) is 5.75 Å². The Labute approximate surface area is 114 Å². The Hall–Kier alpha value is -1.81. The first-order valence-electron chi connectivity index (χ1n) is 6.57. The molecule has 0 aliphatic rings. The molecule has 4 nitrogen and oxygen atoms in total. The topological polar surface area (TPSA) is 49.9 Å². The van der Waals surface area contributed by atoms with Crippen molar-refractivity contribution >= 4 is 0 Å². The minimum atomic E-state index is 0.473. The molecule has 2 rings (SSSR count). The Kier molecular flexibility index (Phi) is 4.58. The van der Waals surface area contributed by atoms with Crippen molar-refractivity contribution in [1.29, 1.82) is 0 Å². The number of nitrogens with zero attached hydrogens (tertiary/aromatic N) is 1. The highest BCUT2D eigenvalue weighted by atomic mass is 16.5. The van der Waals surface area contributed by atoms with Gasteiger partial charge in [0.1, 0.15) is 11.6 Å². The SMILES string of the molecule is COc1ccccc1Cc1ncc(CNC(C)C)[nH]1. The third kappa shape index (κ3) is 3.83. The average molecular weight is 259 g/mol. The lowest BCUT2D eigenvalue weighted by Crippen LogP contribution is -2.21. The summed E-state index contributed by atoms with van der Waals surface area (Å²) in [5.41, 5.74) is 2.25. The van der Waals surface area contributed by atoms with Crippen LogP contribution in [-0.4, -0.2) is 23.1 Å². The minimum absolute atomic E-state index is 0.473. The first kappa shape index (κ1) is 13.6. The van der Waals surface area contributed by atoms with Gasteiger partial charge in [0.2, 0.25) is 0 Å². The molecule has 0 spiro atoms. The van der Waals surface area contributed by atoms with Gasteiger partial charge < -0.3 is 15.0 Å². The molecule has 0 amide bonds. The maximum absolute atomic E-state index is 5.35. The molecule has 0 saturated carbocycles. The predicted octanol–water partition coefficient (Wildman–Crippen LogP) is 2.51. The van der Waals surface area contributed by atoms with Gasteiger partial charge >= 0.3 is 0 Å². The second-order valence-electron chi connectivity index (χ2n) is 4.88. The lowest BCUT2D eigenvalue weighted by atomic mass is 10.1. The van der Waals surface area contributed by atoms with Crippen molar-refractivity contribution in [3.63, 3.8) is 0 Å². The van der Waals surface area contributed by atoms with Crippen LogP contribution in [0.2, 0.25) is 0 Å². The number of H-pyrrole nitrogens is 1. The molecule has 1 heterocycles. The largest absolute Gasteiger partial charge is 0.496 e. The summed E-state index contributed by atoms with van der Waals surface area (Å²) in [6.45, 7) is 5.08. The van der Waals surface area contributed by atoms with E-state index in [0.29, 0.717) is 6.04 Å². The molecule has 0 saturated heterocycles. The number of hydrogen-bond donors (Lipinski definition) is 2. The van der Waals surface area contributed by atoms with E-state index in [9.17, 15) is 0 Å². The number of para-hydroxylation sites is 1. The van der Waals surface area contributed by atoms with Crippen molar-refractivity contribution in [2.45, 2.75) is 32.9 Å². The number of benzene rings is 1. The quantitative estimate of drug-likeness (QED) is 0.838. The fourth-order valence-corrected chi connectivity index (χ4v) is 1.93. The monoisotopic (exact) mass is 259 g/mol. The summed E-state index contributed by atoms with van der Waals surface area (Å²) < 4.78 is 5.35. The lowest BCUT2D eigenvalue weighted by molar-refractivity contribution is 0.410. The van der Waals surface area contributed by atoms with Gasteiger partial charge in [0.15, 0.2) is 0 Å². The molecule has 0 radical (unpaired) electrons. The van der Waals surface area contributed by atoms with E-state index in [1.165, 1.54) is 0 Å². The van der Waals surface area contributed by atoms with Crippen LogP contribution in [0.15, 0.2) is 30.5 Å². The molecule has 0 aliphatic carbocycles. The molecular formula is C15H21N3O. The van der Waals surface area contributed by atoms with Crippen LogP contribution >= 0.6 is 0 Å². The van der Waals surface area contributed by atoms with Crippen molar-refractivity contribution in [2.75, 3.05) is 7.11 Å². The van der Waals surface area contributed by atoms with E-state index >= 15 is 0 Å². The van der Waals surface area contributed by atoms with Crippen molar-refractivity contribution in [1.82, 2.24) is 15.3 Å². The van der Waals surface area contributed by atoms with Crippen LogP contribution in [0.1, 0.15) is 30.9 Å². The summed E-state index contributed by atoms with van der Waals surface area (Å²) in [5, 5.41) is 3.37. The Morgan fingerprint density at radius 2 is 2.11 bits per heavy atom. The van der Waals surface area contributed by atoms with Gasteiger partial charge in [-0.05, 0) is 6.07 Å². The van der Waals surface area contributed by atoms with Crippen LogP contribution in [-0.2, 0) is 13.0 Å². The van der Waals surface area contributed by atoms with Crippen molar-refractivity contribution in [3.8, 4) is 5.75 Å². The molecule has 19 heavy (non-hydrogen) atoms. The van der Waals surface area contributed by atoms with Crippen molar-refractivity contribution in [3.05, 3.63) is 47.5 Å². The van der Waals surface area contributed by atoms with Gasteiger partial charge in [-0.3, -0.25) is 0 Å². The van der Waals surface area contributed by atoms with Gasteiger partial charge in [-0.15, -0.1) is 0 Å². The molecular weight excluding hydrogens is 238 g/mol. The number of nitrogens with one attached hydrogen (secondary N) is 2. The normalized spacial score (nSPS) is 10.9. The van der Waals surface area contributed by atoms with E-state index in [0.717, 1.165) is 35.8 Å². The summed E-state index contributed by atoms with van der Waals surface area (Å²) >= 11 is 0. The molecule has 0 bridgehead atoms. The van der Waals surface area contributed by atoms with Crippen LogP contribution < -0.4 is 10.1 Å². The highest BCUT2D eigenvalue weighted by Gasteiger charge is 2.06. The predicted molar refractivity (Wildman–Crippen MR) is 76.4 cm³/mol. The Balaban J connectivity index is 2.03. The van der Waals surface area contributed by atoms with E-state index in [-0.39, 0.29) is 0 Å². The van der Waals surface area contributed by atoms with Crippen LogP contribution in [0.3, 0.4) is 0 Å². The number of ether oxygens (including phenoxy) is 1. The number of aromatic nitrogens is 2. The molecule has 0 unspecified atom stereocenters. The summed E-state index contributed by atoms with van der Waals surface area (Å²) in [6, 6.07) is 8.50. The smallest absolute Gasteiger partial charge is 0.122 e. The van der Waals surface area contributed by atoms with Gasteiger partial charge in [0.05, 0.1) is 7.11 Å². The fourth-order valence-electron chi connectivity index (χ4n) is 1.93. The Morgan fingerprint density at radius 3 is 2.84 bits per heavy atom. The highest BCUT2D eigenvalue weighted by molar-refractivity contribution is 5.35.